The number of aromatic hydroxyl groups is 1. The van der Waals surface area contributed by atoms with E-state index >= 15 is 0 Å². The highest BCUT2D eigenvalue weighted by Crippen LogP contribution is 2.23. The molecule has 0 aliphatic carbocycles. The Kier molecular flexibility index (Phi) is 8.44. The first-order valence-corrected chi connectivity index (χ1v) is 8.21. The topological polar surface area (TPSA) is 60.7 Å². The molecule has 0 heterocycles. The van der Waals surface area contributed by atoms with E-state index in [0.29, 0.717) is 24.0 Å². The smallest absolute Gasteiger partial charge is 0.165 e. The number of rotatable bonds is 9. The average molecular weight is 334 g/mol. The summed E-state index contributed by atoms with van der Waals surface area (Å²) in [6, 6.07) is 4.23. The minimum absolute atomic E-state index is 0.128. The lowest BCUT2D eigenvalue weighted by molar-refractivity contribution is 0.200. The molecule has 132 valence electrons. The third-order valence-corrected chi connectivity index (χ3v) is 3.83. The molecule has 1 rings (SSSR count). The number of benzene rings is 1. The molecular formula is C20H27FO3. The zero-order valence-electron chi connectivity index (χ0n) is 14.4. The lowest BCUT2D eigenvalue weighted by Crippen LogP contribution is -2.13. The molecule has 3 nitrogen and oxygen atoms in total. The maximum Gasteiger partial charge on any atom is 0.165 e. The first-order chi connectivity index (χ1) is 11.4. The van der Waals surface area contributed by atoms with Gasteiger partial charge in [-0.3, -0.25) is 0 Å². The van der Waals surface area contributed by atoms with Gasteiger partial charge >= 0.3 is 0 Å². The number of phenolic OH excluding ortho intramolecular Hbond substituents is 1. The second-order valence-electron chi connectivity index (χ2n) is 5.95. The molecule has 0 aliphatic rings. The van der Waals surface area contributed by atoms with Crippen LogP contribution in [0.5, 0.6) is 5.75 Å². The van der Waals surface area contributed by atoms with Gasteiger partial charge in [0.2, 0.25) is 0 Å². The van der Waals surface area contributed by atoms with Crippen molar-refractivity contribution in [1.82, 2.24) is 0 Å². The number of phenols is 1. The SMILES string of the molecule is C=C(CCC)/C(=C/CO)C(O)CC/C(C)=C/c1ccc(O)c(F)c1. The zero-order valence-corrected chi connectivity index (χ0v) is 14.4. The Morgan fingerprint density at radius 2 is 2.04 bits per heavy atom. The Hall–Kier alpha value is -1.91. The zero-order chi connectivity index (χ0) is 18.1. The lowest BCUT2D eigenvalue weighted by Gasteiger charge is -2.17. The Morgan fingerprint density at radius 1 is 1.33 bits per heavy atom. The van der Waals surface area contributed by atoms with Gasteiger partial charge in [0.25, 0.3) is 0 Å². The molecule has 1 unspecified atom stereocenters. The molecular weight excluding hydrogens is 307 g/mol. The molecule has 0 bridgehead atoms. The van der Waals surface area contributed by atoms with Gasteiger partial charge in [-0.05, 0) is 55.0 Å². The van der Waals surface area contributed by atoms with E-state index < -0.39 is 11.9 Å². The number of hydrogen-bond acceptors (Lipinski definition) is 3. The van der Waals surface area contributed by atoms with Gasteiger partial charge in [-0.2, -0.15) is 0 Å². The molecule has 0 saturated heterocycles. The van der Waals surface area contributed by atoms with Crippen molar-refractivity contribution < 1.29 is 19.7 Å². The first-order valence-electron chi connectivity index (χ1n) is 8.21. The molecule has 0 amide bonds. The second-order valence-corrected chi connectivity index (χ2v) is 5.95. The van der Waals surface area contributed by atoms with Crippen LogP contribution in [0.2, 0.25) is 0 Å². The van der Waals surface area contributed by atoms with Gasteiger partial charge in [-0.25, -0.2) is 4.39 Å². The van der Waals surface area contributed by atoms with E-state index in [9.17, 15) is 14.6 Å². The fourth-order valence-electron chi connectivity index (χ4n) is 2.55. The normalized spacial score (nSPS) is 13.9. The maximum absolute atomic E-state index is 13.3. The van der Waals surface area contributed by atoms with Crippen LogP contribution in [0.15, 0.2) is 47.6 Å². The maximum atomic E-state index is 13.3. The van der Waals surface area contributed by atoms with Crippen molar-refractivity contribution in [2.45, 2.75) is 45.6 Å². The number of halogens is 1. The molecule has 1 aromatic rings. The summed E-state index contributed by atoms with van der Waals surface area (Å²) in [4.78, 5) is 0. The van der Waals surface area contributed by atoms with Crippen LogP contribution in [-0.4, -0.2) is 28.0 Å². The number of aliphatic hydroxyl groups excluding tert-OH is 2. The summed E-state index contributed by atoms with van der Waals surface area (Å²) < 4.78 is 13.3. The molecule has 1 atom stereocenters. The highest BCUT2D eigenvalue weighted by atomic mass is 19.1. The minimum Gasteiger partial charge on any atom is -0.505 e. The van der Waals surface area contributed by atoms with Crippen molar-refractivity contribution in [3.63, 3.8) is 0 Å². The van der Waals surface area contributed by atoms with Crippen molar-refractivity contribution in [3.05, 3.63) is 59.0 Å². The third-order valence-electron chi connectivity index (χ3n) is 3.83. The van der Waals surface area contributed by atoms with E-state index in [2.05, 4.69) is 6.58 Å². The van der Waals surface area contributed by atoms with Gasteiger partial charge in [0.05, 0.1) is 12.7 Å². The van der Waals surface area contributed by atoms with Crippen LogP contribution < -0.4 is 0 Å². The van der Waals surface area contributed by atoms with Crippen LogP contribution in [0.3, 0.4) is 0 Å². The summed E-state index contributed by atoms with van der Waals surface area (Å²) in [6.07, 6.45) is 5.59. The average Bonchev–Trinajstić information content (AvgIpc) is 2.54. The van der Waals surface area contributed by atoms with E-state index in [0.717, 1.165) is 24.0 Å². The molecule has 0 aliphatic heterocycles. The van der Waals surface area contributed by atoms with Crippen molar-refractivity contribution in [2.75, 3.05) is 6.61 Å². The molecule has 1 aromatic carbocycles. The number of hydrogen-bond donors (Lipinski definition) is 3. The van der Waals surface area contributed by atoms with E-state index in [1.165, 1.54) is 12.1 Å². The van der Waals surface area contributed by atoms with Gasteiger partial charge in [0, 0.05) is 0 Å². The second kappa shape index (κ2) is 10.1. The van der Waals surface area contributed by atoms with Crippen LogP contribution >= 0.6 is 0 Å². The molecule has 3 N–H and O–H groups in total. The summed E-state index contributed by atoms with van der Waals surface area (Å²) in [6.45, 7) is 7.80. The Balaban J connectivity index is 2.71. The predicted molar refractivity (Wildman–Crippen MR) is 96.2 cm³/mol. The number of allylic oxidation sites excluding steroid dienone is 1. The largest absolute Gasteiger partial charge is 0.505 e. The van der Waals surface area contributed by atoms with Crippen molar-refractivity contribution in [3.8, 4) is 5.75 Å². The van der Waals surface area contributed by atoms with Crippen molar-refractivity contribution >= 4 is 6.08 Å². The Labute approximate surface area is 143 Å². The molecule has 0 aromatic heterocycles. The quantitative estimate of drug-likeness (QED) is 0.588. The monoisotopic (exact) mass is 334 g/mol. The summed E-state index contributed by atoms with van der Waals surface area (Å²) in [7, 11) is 0. The number of aliphatic hydroxyl groups is 2. The molecule has 0 fully saturated rings. The fraction of sp³-hybridized carbons (Fsp3) is 0.400. The minimum atomic E-state index is -0.684. The molecule has 0 saturated carbocycles. The fourth-order valence-corrected chi connectivity index (χ4v) is 2.55. The summed E-state index contributed by atoms with van der Waals surface area (Å²) >= 11 is 0. The van der Waals surface area contributed by atoms with E-state index in [4.69, 9.17) is 5.11 Å². The lowest BCUT2D eigenvalue weighted by atomic mass is 9.93. The standard InChI is InChI=1S/C20H27FO3/c1-4-5-15(3)17(10-11-22)19(23)8-6-14(2)12-16-7-9-20(24)18(21)13-16/h7,9-10,12-13,19,22-24H,3-6,8,11H2,1-2H3/b14-12+,17-10-. The molecule has 24 heavy (non-hydrogen) atoms. The Morgan fingerprint density at radius 3 is 2.62 bits per heavy atom. The summed E-state index contributed by atoms with van der Waals surface area (Å²) in [5, 5.41) is 28.7. The van der Waals surface area contributed by atoms with Crippen LogP contribution in [-0.2, 0) is 0 Å². The van der Waals surface area contributed by atoms with Crippen LogP contribution in [0.4, 0.5) is 4.39 Å². The third kappa shape index (κ3) is 6.30. The van der Waals surface area contributed by atoms with Crippen LogP contribution in [0.1, 0.15) is 45.1 Å². The molecule has 0 radical (unpaired) electrons. The molecule has 4 heteroatoms. The highest BCUT2D eigenvalue weighted by Gasteiger charge is 2.13. The van der Waals surface area contributed by atoms with Crippen LogP contribution in [0, 0.1) is 5.82 Å². The van der Waals surface area contributed by atoms with E-state index in [1.54, 1.807) is 12.1 Å². The first kappa shape index (κ1) is 20.1. The van der Waals surface area contributed by atoms with E-state index in [-0.39, 0.29) is 12.4 Å². The van der Waals surface area contributed by atoms with Crippen molar-refractivity contribution in [2.24, 2.45) is 0 Å². The Bertz CT molecular complexity index is 617. The van der Waals surface area contributed by atoms with Crippen LogP contribution in [0.25, 0.3) is 6.08 Å². The predicted octanol–water partition coefficient (Wildman–Crippen LogP) is 4.35. The highest BCUT2D eigenvalue weighted by molar-refractivity contribution is 5.53. The molecule has 0 spiro atoms. The van der Waals surface area contributed by atoms with Gasteiger partial charge in [0.1, 0.15) is 0 Å². The van der Waals surface area contributed by atoms with Gasteiger partial charge in [-0.15, -0.1) is 0 Å². The summed E-state index contributed by atoms with van der Waals surface area (Å²) in [5.74, 6) is -1.02. The van der Waals surface area contributed by atoms with Gasteiger partial charge in [0.15, 0.2) is 11.6 Å². The van der Waals surface area contributed by atoms with Gasteiger partial charge in [-0.1, -0.05) is 43.7 Å². The van der Waals surface area contributed by atoms with Gasteiger partial charge < -0.3 is 15.3 Å². The van der Waals surface area contributed by atoms with E-state index in [1.807, 2.05) is 19.9 Å². The summed E-state index contributed by atoms with van der Waals surface area (Å²) in [5.41, 5.74) is 3.20. The van der Waals surface area contributed by atoms with Crippen molar-refractivity contribution in [1.29, 1.82) is 0 Å².